The fourth-order valence-corrected chi connectivity index (χ4v) is 5.11. The number of carbonyl (C=O) groups is 1. The first-order valence-corrected chi connectivity index (χ1v) is 12.0. The van der Waals surface area contributed by atoms with Gasteiger partial charge in [-0.25, -0.2) is 0 Å². The molecule has 1 unspecified atom stereocenters. The maximum absolute atomic E-state index is 12.9. The molecule has 1 fully saturated rings. The van der Waals surface area contributed by atoms with Gasteiger partial charge >= 0.3 is 0 Å². The fourth-order valence-electron chi connectivity index (χ4n) is 3.49. The second-order valence-corrected chi connectivity index (χ2v) is 9.28. The topological polar surface area (TPSA) is 72.7 Å². The first-order chi connectivity index (χ1) is 15.3. The molecular formula is C23H21N5OS2. The number of carbonyl (C=O) groups excluding carboxylic acids is 1. The summed E-state index contributed by atoms with van der Waals surface area (Å²) in [5, 5.41) is 14.8. The second-order valence-electron chi connectivity index (χ2n) is 7.36. The Labute approximate surface area is 188 Å². The molecule has 1 aromatic carbocycles. The second kappa shape index (κ2) is 9.03. The van der Waals surface area contributed by atoms with Gasteiger partial charge in [-0.3, -0.25) is 14.3 Å². The van der Waals surface area contributed by atoms with Crippen molar-refractivity contribution in [1.29, 1.82) is 0 Å². The van der Waals surface area contributed by atoms with Crippen molar-refractivity contribution in [1.82, 2.24) is 25.1 Å². The molecule has 0 saturated heterocycles. The van der Waals surface area contributed by atoms with Gasteiger partial charge in [-0.1, -0.05) is 48.2 Å². The molecule has 8 heteroatoms. The van der Waals surface area contributed by atoms with Crippen LogP contribution in [0.4, 0.5) is 0 Å². The average Bonchev–Trinajstić information content (AvgIpc) is 3.33. The van der Waals surface area contributed by atoms with Crippen molar-refractivity contribution in [3.05, 3.63) is 82.8 Å². The van der Waals surface area contributed by atoms with E-state index in [1.165, 1.54) is 11.8 Å². The molecule has 1 amide bonds. The van der Waals surface area contributed by atoms with Gasteiger partial charge in [0.15, 0.2) is 11.0 Å². The van der Waals surface area contributed by atoms with Crippen LogP contribution in [0.3, 0.4) is 0 Å². The summed E-state index contributed by atoms with van der Waals surface area (Å²) >= 11 is 3.08. The van der Waals surface area contributed by atoms with Gasteiger partial charge in [0.2, 0.25) is 5.91 Å². The van der Waals surface area contributed by atoms with E-state index >= 15 is 0 Å². The number of pyridine rings is 1. The van der Waals surface area contributed by atoms with Gasteiger partial charge in [-0.05, 0) is 42.0 Å². The summed E-state index contributed by atoms with van der Waals surface area (Å²) in [6, 6.07) is 18.3. The van der Waals surface area contributed by atoms with Crippen molar-refractivity contribution >= 4 is 29.0 Å². The zero-order chi connectivity index (χ0) is 21.0. The average molecular weight is 448 g/mol. The van der Waals surface area contributed by atoms with E-state index in [2.05, 4.69) is 31.1 Å². The highest BCUT2D eigenvalue weighted by molar-refractivity contribution is 7.99. The molecular weight excluding hydrogens is 426 g/mol. The number of thioether (sulfide) groups is 1. The molecule has 3 heterocycles. The number of rotatable bonds is 8. The molecule has 156 valence electrons. The minimum atomic E-state index is -0.150. The van der Waals surface area contributed by atoms with Crippen LogP contribution >= 0.6 is 23.1 Å². The Morgan fingerprint density at radius 1 is 1.10 bits per heavy atom. The van der Waals surface area contributed by atoms with E-state index < -0.39 is 0 Å². The van der Waals surface area contributed by atoms with E-state index in [0.29, 0.717) is 6.04 Å². The van der Waals surface area contributed by atoms with E-state index in [4.69, 9.17) is 0 Å². The SMILES string of the molecule is O=C(CSc1nnc(-c2ccncc2)n1C1CC1)NC(c1ccccc1)c1cccs1. The van der Waals surface area contributed by atoms with Gasteiger partial charge in [0.25, 0.3) is 0 Å². The van der Waals surface area contributed by atoms with Gasteiger partial charge in [0.05, 0.1) is 11.8 Å². The molecule has 1 saturated carbocycles. The van der Waals surface area contributed by atoms with Crippen LogP contribution in [0.1, 0.15) is 35.4 Å². The summed E-state index contributed by atoms with van der Waals surface area (Å²) in [6.07, 6.45) is 5.75. The zero-order valence-corrected chi connectivity index (χ0v) is 18.4. The molecule has 1 atom stereocenters. The molecule has 1 N–H and O–H groups in total. The van der Waals surface area contributed by atoms with Crippen molar-refractivity contribution in [2.45, 2.75) is 30.1 Å². The summed E-state index contributed by atoms with van der Waals surface area (Å²) in [7, 11) is 0. The first kappa shape index (κ1) is 20.0. The molecule has 0 aliphatic heterocycles. The molecule has 5 rings (SSSR count). The standard InChI is InChI=1S/C23H21N5OS2/c29-20(25-21(19-7-4-14-30-19)16-5-2-1-3-6-16)15-31-23-27-26-22(28(23)18-8-9-18)17-10-12-24-13-11-17/h1-7,10-14,18,21H,8-9,15H2,(H,25,29). The maximum Gasteiger partial charge on any atom is 0.231 e. The Morgan fingerprint density at radius 3 is 2.61 bits per heavy atom. The Kier molecular flexibility index (Phi) is 5.82. The molecule has 1 aliphatic rings. The summed E-state index contributed by atoms with van der Waals surface area (Å²) in [5.41, 5.74) is 2.07. The lowest BCUT2D eigenvalue weighted by Gasteiger charge is -2.18. The predicted octanol–water partition coefficient (Wildman–Crippen LogP) is 4.73. The molecule has 3 aromatic heterocycles. The number of nitrogens with zero attached hydrogens (tertiary/aromatic N) is 4. The number of amides is 1. The molecule has 0 spiro atoms. The third-order valence-corrected chi connectivity index (χ3v) is 6.99. The third kappa shape index (κ3) is 4.55. The highest BCUT2D eigenvalue weighted by Crippen LogP contribution is 2.41. The quantitative estimate of drug-likeness (QED) is 0.395. The van der Waals surface area contributed by atoms with Crippen LogP contribution in [-0.2, 0) is 4.79 Å². The number of aromatic nitrogens is 4. The van der Waals surface area contributed by atoms with Crippen molar-refractivity contribution < 1.29 is 4.79 Å². The molecule has 1 aliphatic carbocycles. The van der Waals surface area contributed by atoms with Gasteiger partial charge in [0.1, 0.15) is 0 Å². The summed E-state index contributed by atoms with van der Waals surface area (Å²) in [4.78, 5) is 18.1. The van der Waals surface area contributed by atoms with E-state index in [9.17, 15) is 4.79 Å². The summed E-state index contributed by atoms with van der Waals surface area (Å²) < 4.78 is 2.17. The molecule has 31 heavy (non-hydrogen) atoms. The van der Waals surface area contributed by atoms with Crippen molar-refractivity contribution in [2.24, 2.45) is 0 Å². The van der Waals surface area contributed by atoms with Gasteiger partial charge in [-0.15, -0.1) is 21.5 Å². The Balaban J connectivity index is 1.31. The molecule has 4 aromatic rings. The Bertz CT molecular complexity index is 1140. The monoisotopic (exact) mass is 447 g/mol. The van der Waals surface area contributed by atoms with Crippen LogP contribution < -0.4 is 5.32 Å². The lowest BCUT2D eigenvalue weighted by molar-refractivity contribution is -0.119. The number of hydrogen-bond donors (Lipinski definition) is 1. The fraction of sp³-hybridized carbons (Fsp3) is 0.217. The van der Waals surface area contributed by atoms with Crippen LogP contribution in [0.25, 0.3) is 11.4 Å². The highest BCUT2D eigenvalue weighted by atomic mass is 32.2. The lowest BCUT2D eigenvalue weighted by Crippen LogP contribution is -2.30. The van der Waals surface area contributed by atoms with Crippen LogP contribution in [0.2, 0.25) is 0 Å². The Hall–Kier alpha value is -2.97. The lowest BCUT2D eigenvalue weighted by atomic mass is 10.1. The van der Waals surface area contributed by atoms with E-state index in [1.807, 2.05) is 53.9 Å². The largest absolute Gasteiger partial charge is 0.344 e. The van der Waals surface area contributed by atoms with Crippen LogP contribution in [0.5, 0.6) is 0 Å². The zero-order valence-electron chi connectivity index (χ0n) is 16.7. The van der Waals surface area contributed by atoms with Crippen molar-refractivity contribution in [3.63, 3.8) is 0 Å². The van der Waals surface area contributed by atoms with Gasteiger partial charge in [0, 0.05) is 28.9 Å². The normalized spacial score (nSPS) is 14.3. The van der Waals surface area contributed by atoms with E-state index in [0.717, 1.165) is 39.8 Å². The summed E-state index contributed by atoms with van der Waals surface area (Å²) in [6.45, 7) is 0. The predicted molar refractivity (Wildman–Crippen MR) is 123 cm³/mol. The van der Waals surface area contributed by atoms with Gasteiger partial charge in [-0.2, -0.15) is 0 Å². The minimum absolute atomic E-state index is 0.0249. The number of benzene rings is 1. The number of nitrogens with one attached hydrogen (secondary N) is 1. The third-order valence-electron chi connectivity index (χ3n) is 5.11. The molecule has 6 nitrogen and oxygen atoms in total. The van der Waals surface area contributed by atoms with Crippen LogP contribution in [0.15, 0.2) is 77.5 Å². The summed E-state index contributed by atoms with van der Waals surface area (Å²) in [5.74, 6) is 1.10. The van der Waals surface area contributed by atoms with Crippen molar-refractivity contribution in [3.8, 4) is 11.4 Å². The van der Waals surface area contributed by atoms with E-state index in [1.54, 1.807) is 23.7 Å². The Morgan fingerprint density at radius 2 is 1.90 bits per heavy atom. The first-order valence-electron chi connectivity index (χ1n) is 10.2. The maximum atomic E-state index is 12.9. The number of thiophene rings is 1. The number of hydrogen-bond acceptors (Lipinski definition) is 6. The van der Waals surface area contributed by atoms with E-state index in [-0.39, 0.29) is 17.7 Å². The highest BCUT2D eigenvalue weighted by Gasteiger charge is 2.30. The smallest absolute Gasteiger partial charge is 0.231 e. The van der Waals surface area contributed by atoms with Crippen LogP contribution in [0, 0.1) is 0 Å². The molecule has 0 radical (unpaired) electrons. The van der Waals surface area contributed by atoms with Gasteiger partial charge < -0.3 is 5.32 Å². The van der Waals surface area contributed by atoms with Crippen LogP contribution in [-0.4, -0.2) is 31.4 Å². The molecule has 0 bridgehead atoms. The minimum Gasteiger partial charge on any atom is -0.344 e. The van der Waals surface area contributed by atoms with Crippen molar-refractivity contribution in [2.75, 3.05) is 5.75 Å².